The van der Waals surface area contributed by atoms with E-state index in [1.54, 1.807) is 54.8 Å². The molecule has 7 heteroatoms. The summed E-state index contributed by atoms with van der Waals surface area (Å²) in [5, 5.41) is 5.07. The number of hydrogen-bond donors (Lipinski definition) is 1. The summed E-state index contributed by atoms with van der Waals surface area (Å²) in [6, 6.07) is 13.0. The maximum atomic E-state index is 13.0. The quantitative estimate of drug-likeness (QED) is 0.481. The molecule has 3 aromatic rings. The van der Waals surface area contributed by atoms with Crippen molar-refractivity contribution in [3.8, 4) is 10.6 Å². The maximum absolute atomic E-state index is 13.0. The average molecular weight is 396 g/mol. The molecule has 0 saturated heterocycles. The van der Waals surface area contributed by atoms with Crippen molar-refractivity contribution in [3.05, 3.63) is 77.1 Å². The number of ether oxygens (including phenoxy) is 1. The molecule has 0 aliphatic carbocycles. The molecular weight excluding hydrogens is 379 g/mol. The molecule has 28 heavy (non-hydrogen) atoms. The van der Waals surface area contributed by atoms with Crippen molar-refractivity contribution in [1.29, 1.82) is 0 Å². The lowest BCUT2D eigenvalue weighted by molar-refractivity contribution is -0.137. The molecule has 0 unspecified atom stereocenters. The van der Waals surface area contributed by atoms with E-state index in [0.29, 0.717) is 17.3 Å². The number of thiazole rings is 1. The van der Waals surface area contributed by atoms with Crippen LogP contribution in [-0.2, 0) is 9.53 Å². The van der Waals surface area contributed by atoms with E-state index in [0.717, 1.165) is 11.1 Å². The number of carbonyl (C=O) groups is 2. The second-order valence-corrected chi connectivity index (χ2v) is 6.56. The molecule has 0 spiro atoms. The minimum Gasteiger partial charge on any atom is -0.463 e. The van der Waals surface area contributed by atoms with E-state index in [2.05, 4.69) is 10.3 Å². The largest absolute Gasteiger partial charge is 0.463 e. The first-order chi connectivity index (χ1) is 13.5. The Morgan fingerprint density at radius 2 is 1.86 bits per heavy atom. The van der Waals surface area contributed by atoms with Gasteiger partial charge in [0.1, 0.15) is 16.5 Å². The molecule has 142 valence electrons. The predicted octanol–water partition coefficient (Wildman–Crippen LogP) is 4.78. The number of carbonyl (C=O) groups excluding carboxylic acids is 2. The number of amides is 1. The van der Waals surface area contributed by atoms with E-state index in [9.17, 15) is 14.0 Å². The van der Waals surface area contributed by atoms with Crippen LogP contribution in [0.5, 0.6) is 0 Å². The van der Waals surface area contributed by atoms with Gasteiger partial charge in [0, 0.05) is 22.7 Å². The first-order valence-electron chi connectivity index (χ1n) is 8.53. The first kappa shape index (κ1) is 19.4. The molecule has 0 bridgehead atoms. The number of esters is 1. The minimum atomic E-state index is -0.402. The van der Waals surface area contributed by atoms with Crippen LogP contribution in [0.1, 0.15) is 23.0 Å². The SMILES string of the molecule is CCOC(=O)C=Cc1ccc(NC(=O)c2csc(-c3ccc(F)cc3)n2)cc1. The molecule has 0 atom stereocenters. The van der Waals surface area contributed by atoms with E-state index in [1.165, 1.54) is 29.5 Å². The average Bonchev–Trinajstić information content (AvgIpc) is 3.19. The fourth-order valence-corrected chi connectivity index (χ4v) is 3.14. The van der Waals surface area contributed by atoms with Gasteiger partial charge < -0.3 is 10.1 Å². The Bertz CT molecular complexity index is 995. The summed E-state index contributed by atoms with van der Waals surface area (Å²) in [4.78, 5) is 28.0. The second kappa shape index (κ2) is 9.05. The van der Waals surface area contributed by atoms with Gasteiger partial charge in [-0.05, 0) is 55.0 Å². The fourth-order valence-electron chi connectivity index (χ4n) is 2.33. The number of anilines is 1. The van der Waals surface area contributed by atoms with Gasteiger partial charge >= 0.3 is 5.97 Å². The van der Waals surface area contributed by atoms with Gasteiger partial charge in [0.2, 0.25) is 0 Å². The molecular formula is C21H17FN2O3S. The topological polar surface area (TPSA) is 68.3 Å². The lowest BCUT2D eigenvalue weighted by Crippen LogP contribution is -2.12. The third kappa shape index (κ3) is 5.11. The highest BCUT2D eigenvalue weighted by Gasteiger charge is 2.12. The van der Waals surface area contributed by atoms with Crippen LogP contribution < -0.4 is 5.32 Å². The number of rotatable bonds is 6. The molecule has 0 radical (unpaired) electrons. The van der Waals surface area contributed by atoms with Crippen LogP contribution in [0.15, 0.2) is 60.0 Å². The fraction of sp³-hybridized carbons (Fsp3) is 0.0952. The molecule has 5 nitrogen and oxygen atoms in total. The summed E-state index contributed by atoms with van der Waals surface area (Å²) < 4.78 is 17.8. The van der Waals surface area contributed by atoms with Crippen molar-refractivity contribution >= 4 is 35.0 Å². The van der Waals surface area contributed by atoms with Crippen LogP contribution in [-0.4, -0.2) is 23.5 Å². The van der Waals surface area contributed by atoms with Crippen molar-refractivity contribution in [2.45, 2.75) is 6.92 Å². The Morgan fingerprint density at radius 3 is 2.54 bits per heavy atom. The van der Waals surface area contributed by atoms with E-state index in [4.69, 9.17) is 4.74 Å². The van der Waals surface area contributed by atoms with Gasteiger partial charge in [-0.15, -0.1) is 11.3 Å². The number of benzene rings is 2. The monoisotopic (exact) mass is 396 g/mol. The van der Waals surface area contributed by atoms with Crippen LogP contribution >= 0.6 is 11.3 Å². The number of nitrogens with zero attached hydrogens (tertiary/aromatic N) is 1. The highest BCUT2D eigenvalue weighted by atomic mass is 32.1. The van der Waals surface area contributed by atoms with E-state index in [-0.39, 0.29) is 17.4 Å². The normalized spacial score (nSPS) is 10.8. The third-order valence-corrected chi connectivity index (χ3v) is 4.59. The molecule has 0 saturated carbocycles. The number of nitrogens with one attached hydrogen (secondary N) is 1. The highest BCUT2D eigenvalue weighted by molar-refractivity contribution is 7.13. The third-order valence-electron chi connectivity index (χ3n) is 3.70. The smallest absolute Gasteiger partial charge is 0.330 e. The summed E-state index contributed by atoms with van der Waals surface area (Å²) in [6.45, 7) is 2.07. The molecule has 1 amide bonds. The van der Waals surface area contributed by atoms with Gasteiger partial charge in [0.15, 0.2) is 0 Å². The standard InChI is InChI=1S/C21H17FN2O3S/c1-2-27-19(25)12-5-14-3-10-17(11-4-14)23-20(26)18-13-28-21(24-18)15-6-8-16(22)9-7-15/h3-13H,2H2,1H3,(H,23,26). The number of hydrogen-bond acceptors (Lipinski definition) is 5. The minimum absolute atomic E-state index is 0.288. The van der Waals surface area contributed by atoms with Crippen LogP contribution in [0.4, 0.5) is 10.1 Å². The lowest BCUT2D eigenvalue weighted by atomic mass is 10.2. The van der Waals surface area contributed by atoms with Gasteiger partial charge in [-0.3, -0.25) is 4.79 Å². The zero-order chi connectivity index (χ0) is 19.9. The van der Waals surface area contributed by atoms with Crippen molar-refractivity contribution in [2.24, 2.45) is 0 Å². The first-order valence-corrected chi connectivity index (χ1v) is 9.41. The predicted molar refractivity (Wildman–Crippen MR) is 108 cm³/mol. The number of halogens is 1. The van der Waals surface area contributed by atoms with Crippen molar-refractivity contribution < 1.29 is 18.7 Å². The van der Waals surface area contributed by atoms with Gasteiger partial charge in [0.25, 0.3) is 5.91 Å². The lowest BCUT2D eigenvalue weighted by Gasteiger charge is -2.03. The Hall–Kier alpha value is -3.32. The van der Waals surface area contributed by atoms with Crippen molar-refractivity contribution in [1.82, 2.24) is 4.98 Å². The zero-order valence-electron chi connectivity index (χ0n) is 15.0. The Kier molecular flexibility index (Phi) is 6.29. The summed E-state index contributed by atoms with van der Waals surface area (Å²) >= 11 is 1.32. The van der Waals surface area contributed by atoms with E-state index in [1.807, 2.05) is 0 Å². The second-order valence-electron chi connectivity index (χ2n) is 5.71. The van der Waals surface area contributed by atoms with Crippen LogP contribution in [0, 0.1) is 5.82 Å². The molecule has 1 aromatic heterocycles. The van der Waals surface area contributed by atoms with Crippen LogP contribution in [0.2, 0.25) is 0 Å². The number of aromatic nitrogens is 1. The summed E-state index contributed by atoms with van der Waals surface area (Å²) in [5.74, 6) is -1.06. The molecule has 3 rings (SSSR count). The van der Waals surface area contributed by atoms with Gasteiger partial charge in [0.05, 0.1) is 6.61 Å². The molecule has 0 fully saturated rings. The summed E-state index contributed by atoms with van der Waals surface area (Å²) in [7, 11) is 0. The Balaban J connectivity index is 1.63. The molecule has 0 aliphatic rings. The van der Waals surface area contributed by atoms with Crippen LogP contribution in [0.25, 0.3) is 16.6 Å². The molecule has 2 aromatic carbocycles. The molecule has 1 heterocycles. The Morgan fingerprint density at radius 1 is 1.14 bits per heavy atom. The van der Waals surface area contributed by atoms with Crippen molar-refractivity contribution in [2.75, 3.05) is 11.9 Å². The van der Waals surface area contributed by atoms with Crippen LogP contribution in [0.3, 0.4) is 0 Å². The van der Waals surface area contributed by atoms with Gasteiger partial charge in [-0.2, -0.15) is 0 Å². The highest BCUT2D eigenvalue weighted by Crippen LogP contribution is 2.24. The summed E-state index contributed by atoms with van der Waals surface area (Å²) in [5.41, 5.74) is 2.45. The zero-order valence-corrected chi connectivity index (χ0v) is 15.8. The van der Waals surface area contributed by atoms with E-state index >= 15 is 0 Å². The van der Waals surface area contributed by atoms with Gasteiger partial charge in [-0.25, -0.2) is 14.2 Å². The molecule has 1 N–H and O–H groups in total. The molecule has 0 aliphatic heterocycles. The van der Waals surface area contributed by atoms with E-state index < -0.39 is 5.97 Å². The van der Waals surface area contributed by atoms with Crippen molar-refractivity contribution in [3.63, 3.8) is 0 Å². The van der Waals surface area contributed by atoms with Gasteiger partial charge in [-0.1, -0.05) is 12.1 Å². The maximum Gasteiger partial charge on any atom is 0.330 e. The Labute approximate surface area is 165 Å². The summed E-state index contributed by atoms with van der Waals surface area (Å²) in [6.07, 6.45) is 2.99.